The summed E-state index contributed by atoms with van der Waals surface area (Å²) in [7, 11) is 1.74. The van der Waals surface area contributed by atoms with Gasteiger partial charge in [0.15, 0.2) is 0 Å². The SMILES string of the molecule is CCNCc1cnccc1N(CCOC)C(C)C. The predicted octanol–water partition coefficient (Wildman–Crippen LogP) is 2.05. The maximum atomic E-state index is 5.19. The Hall–Kier alpha value is -1.13. The van der Waals surface area contributed by atoms with Crippen molar-refractivity contribution < 1.29 is 4.74 Å². The summed E-state index contributed by atoms with van der Waals surface area (Å²) >= 11 is 0. The van der Waals surface area contributed by atoms with Crippen LogP contribution in [0.3, 0.4) is 0 Å². The van der Waals surface area contributed by atoms with Crippen LogP contribution in [0.1, 0.15) is 26.3 Å². The van der Waals surface area contributed by atoms with Crippen molar-refractivity contribution in [1.29, 1.82) is 0 Å². The van der Waals surface area contributed by atoms with Crippen LogP contribution < -0.4 is 10.2 Å². The van der Waals surface area contributed by atoms with E-state index in [0.717, 1.165) is 26.2 Å². The second-order valence-electron chi connectivity index (χ2n) is 4.56. The van der Waals surface area contributed by atoms with E-state index in [2.05, 4.69) is 42.0 Å². The van der Waals surface area contributed by atoms with Gasteiger partial charge in [0.2, 0.25) is 0 Å². The van der Waals surface area contributed by atoms with Gasteiger partial charge in [0.1, 0.15) is 0 Å². The highest BCUT2D eigenvalue weighted by molar-refractivity contribution is 5.52. The second kappa shape index (κ2) is 8.06. The lowest BCUT2D eigenvalue weighted by atomic mass is 10.1. The van der Waals surface area contributed by atoms with Crippen LogP contribution in [-0.4, -0.2) is 37.8 Å². The van der Waals surface area contributed by atoms with Crippen molar-refractivity contribution in [3.63, 3.8) is 0 Å². The smallest absolute Gasteiger partial charge is 0.0637 e. The zero-order valence-electron chi connectivity index (χ0n) is 11.9. The van der Waals surface area contributed by atoms with Crippen LogP contribution >= 0.6 is 0 Å². The molecular weight excluding hydrogens is 226 g/mol. The standard InChI is InChI=1S/C14H25N3O/c1-5-15-10-13-11-16-7-6-14(13)17(12(2)3)8-9-18-4/h6-7,11-12,15H,5,8-10H2,1-4H3. The third-order valence-corrected chi connectivity index (χ3v) is 2.91. The summed E-state index contributed by atoms with van der Waals surface area (Å²) in [6.45, 7) is 9.98. The number of nitrogens with zero attached hydrogens (tertiary/aromatic N) is 2. The van der Waals surface area contributed by atoms with Gasteiger partial charge in [-0.15, -0.1) is 0 Å². The number of anilines is 1. The Bertz CT molecular complexity index is 342. The largest absolute Gasteiger partial charge is 0.383 e. The van der Waals surface area contributed by atoms with Gasteiger partial charge in [-0.1, -0.05) is 6.92 Å². The number of hydrogen-bond donors (Lipinski definition) is 1. The Balaban J connectivity index is 2.88. The van der Waals surface area contributed by atoms with E-state index in [9.17, 15) is 0 Å². The molecule has 1 N–H and O–H groups in total. The fourth-order valence-electron chi connectivity index (χ4n) is 1.94. The molecule has 0 radical (unpaired) electrons. The van der Waals surface area contributed by atoms with Crippen LogP contribution in [0.5, 0.6) is 0 Å². The van der Waals surface area contributed by atoms with Gasteiger partial charge in [0.05, 0.1) is 6.61 Å². The Kier molecular flexibility index (Phi) is 6.68. The van der Waals surface area contributed by atoms with E-state index in [0.29, 0.717) is 6.04 Å². The molecule has 0 saturated heterocycles. The minimum Gasteiger partial charge on any atom is -0.383 e. The molecule has 0 atom stereocenters. The predicted molar refractivity (Wildman–Crippen MR) is 76.0 cm³/mol. The normalized spacial score (nSPS) is 10.9. The lowest BCUT2D eigenvalue weighted by Crippen LogP contribution is -2.35. The first-order valence-electron chi connectivity index (χ1n) is 6.59. The highest BCUT2D eigenvalue weighted by Crippen LogP contribution is 2.21. The summed E-state index contributed by atoms with van der Waals surface area (Å²) in [4.78, 5) is 6.58. The Labute approximate surface area is 110 Å². The highest BCUT2D eigenvalue weighted by atomic mass is 16.5. The molecule has 1 heterocycles. The lowest BCUT2D eigenvalue weighted by molar-refractivity contribution is 0.203. The minimum absolute atomic E-state index is 0.447. The van der Waals surface area contributed by atoms with Gasteiger partial charge in [-0.3, -0.25) is 4.98 Å². The maximum Gasteiger partial charge on any atom is 0.0637 e. The average Bonchev–Trinajstić information content (AvgIpc) is 2.37. The van der Waals surface area contributed by atoms with Gasteiger partial charge in [0, 0.05) is 49.9 Å². The third kappa shape index (κ3) is 4.27. The first-order valence-corrected chi connectivity index (χ1v) is 6.59. The molecule has 0 spiro atoms. The number of hydrogen-bond acceptors (Lipinski definition) is 4. The number of pyridine rings is 1. The molecule has 1 aromatic heterocycles. The Morgan fingerprint density at radius 3 is 2.83 bits per heavy atom. The molecule has 0 unspecified atom stereocenters. The number of rotatable bonds is 8. The summed E-state index contributed by atoms with van der Waals surface area (Å²) in [5, 5.41) is 3.36. The molecule has 1 aromatic rings. The highest BCUT2D eigenvalue weighted by Gasteiger charge is 2.13. The molecule has 0 saturated carbocycles. The number of ether oxygens (including phenoxy) is 1. The van der Waals surface area contributed by atoms with Crippen molar-refractivity contribution in [2.24, 2.45) is 0 Å². The van der Waals surface area contributed by atoms with Crippen LogP contribution in [0.25, 0.3) is 0 Å². The molecule has 18 heavy (non-hydrogen) atoms. The summed E-state index contributed by atoms with van der Waals surface area (Å²) < 4.78 is 5.19. The van der Waals surface area contributed by atoms with E-state index in [1.54, 1.807) is 7.11 Å². The van der Waals surface area contributed by atoms with Crippen LogP contribution in [0.4, 0.5) is 5.69 Å². The van der Waals surface area contributed by atoms with E-state index >= 15 is 0 Å². The van der Waals surface area contributed by atoms with Gasteiger partial charge in [-0.25, -0.2) is 0 Å². The van der Waals surface area contributed by atoms with Crippen LogP contribution in [0.2, 0.25) is 0 Å². The van der Waals surface area contributed by atoms with Crippen molar-refractivity contribution in [3.8, 4) is 0 Å². The molecule has 0 bridgehead atoms. The summed E-state index contributed by atoms with van der Waals surface area (Å²) in [6.07, 6.45) is 3.80. The fraction of sp³-hybridized carbons (Fsp3) is 0.643. The van der Waals surface area contributed by atoms with Gasteiger partial charge in [-0.2, -0.15) is 0 Å². The van der Waals surface area contributed by atoms with E-state index in [-0.39, 0.29) is 0 Å². The minimum atomic E-state index is 0.447. The second-order valence-corrected chi connectivity index (χ2v) is 4.56. The van der Waals surface area contributed by atoms with Crippen molar-refractivity contribution in [2.45, 2.75) is 33.4 Å². The van der Waals surface area contributed by atoms with E-state index in [4.69, 9.17) is 4.74 Å². The number of nitrogens with one attached hydrogen (secondary N) is 1. The maximum absolute atomic E-state index is 5.19. The Morgan fingerprint density at radius 1 is 1.44 bits per heavy atom. The van der Waals surface area contributed by atoms with Gasteiger partial charge in [-0.05, 0) is 26.5 Å². The molecule has 0 amide bonds. The van der Waals surface area contributed by atoms with Crippen LogP contribution in [-0.2, 0) is 11.3 Å². The third-order valence-electron chi connectivity index (χ3n) is 2.91. The first kappa shape index (κ1) is 14.9. The van der Waals surface area contributed by atoms with Gasteiger partial charge < -0.3 is 15.0 Å². The average molecular weight is 251 g/mol. The molecule has 0 fully saturated rings. The molecule has 4 heteroatoms. The molecule has 0 aliphatic heterocycles. The molecule has 4 nitrogen and oxygen atoms in total. The van der Waals surface area contributed by atoms with Crippen LogP contribution in [0.15, 0.2) is 18.5 Å². The van der Waals surface area contributed by atoms with E-state index in [1.165, 1.54) is 11.3 Å². The van der Waals surface area contributed by atoms with Gasteiger partial charge >= 0.3 is 0 Å². The molecule has 0 aliphatic rings. The summed E-state index contributed by atoms with van der Waals surface area (Å²) in [6, 6.07) is 2.53. The topological polar surface area (TPSA) is 37.4 Å². The molecule has 0 aromatic carbocycles. The van der Waals surface area contributed by atoms with E-state index in [1.807, 2.05) is 12.4 Å². The monoisotopic (exact) mass is 251 g/mol. The fourth-order valence-corrected chi connectivity index (χ4v) is 1.94. The molecule has 1 rings (SSSR count). The summed E-state index contributed by atoms with van der Waals surface area (Å²) in [5.74, 6) is 0. The quantitative estimate of drug-likeness (QED) is 0.767. The zero-order valence-corrected chi connectivity index (χ0v) is 11.9. The molecular formula is C14H25N3O. The number of aromatic nitrogens is 1. The first-order chi connectivity index (χ1) is 8.70. The number of methoxy groups -OCH3 is 1. The van der Waals surface area contributed by atoms with Crippen molar-refractivity contribution in [1.82, 2.24) is 10.3 Å². The van der Waals surface area contributed by atoms with E-state index < -0.39 is 0 Å². The summed E-state index contributed by atoms with van der Waals surface area (Å²) in [5.41, 5.74) is 2.49. The van der Waals surface area contributed by atoms with Crippen LogP contribution in [0, 0.1) is 0 Å². The van der Waals surface area contributed by atoms with Crippen molar-refractivity contribution in [3.05, 3.63) is 24.0 Å². The van der Waals surface area contributed by atoms with Gasteiger partial charge in [0.25, 0.3) is 0 Å². The zero-order chi connectivity index (χ0) is 13.4. The Morgan fingerprint density at radius 2 is 2.22 bits per heavy atom. The molecule has 0 aliphatic carbocycles. The molecule has 102 valence electrons. The van der Waals surface area contributed by atoms with Crippen molar-refractivity contribution in [2.75, 3.05) is 31.7 Å². The van der Waals surface area contributed by atoms with Crippen molar-refractivity contribution >= 4 is 5.69 Å². The lowest BCUT2D eigenvalue weighted by Gasteiger charge is -2.30.